The van der Waals surface area contributed by atoms with Gasteiger partial charge in [0.25, 0.3) is 5.56 Å². The molecule has 9 nitrogen and oxygen atoms in total. The first-order chi connectivity index (χ1) is 15.4. The second-order valence-corrected chi connectivity index (χ2v) is 7.98. The molecule has 1 aliphatic rings. The second-order valence-electron chi connectivity index (χ2n) is 7.98. The van der Waals surface area contributed by atoms with E-state index in [2.05, 4.69) is 25.6 Å². The van der Waals surface area contributed by atoms with Crippen molar-refractivity contribution in [1.29, 1.82) is 0 Å². The van der Waals surface area contributed by atoms with Crippen LogP contribution in [0.3, 0.4) is 0 Å². The summed E-state index contributed by atoms with van der Waals surface area (Å²) < 4.78 is 1.56. The van der Waals surface area contributed by atoms with Gasteiger partial charge < -0.3 is 16.4 Å². The van der Waals surface area contributed by atoms with Gasteiger partial charge in [0.1, 0.15) is 11.9 Å². The number of amides is 1. The first kappa shape index (κ1) is 21.5. The predicted octanol–water partition coefficient (Wildman–Crippen LogP) is 1.69. The van der Waals surface area contributed by atoms with E-state index in [1.807, 2.05) is 38.1 Å². The molecule has 4 N–H and O–H groups in total. The number of pyridine rings is 2. The molecule has 0 aliphatic carbocycles. The van der Waals surface area contributed by atoms with Gasteiger partial charge in [0.15, 0.2) is 5.82 Å². The Kier molecular flexibility index (Phi) is 6.16. The quantitative estimate of drug-likeness (QED) is 0.517. The van der Waals surface area contributed by atoms with Gasteiger partial charge in [-0.15, -0.1) is 0 Å². The van der Waals surface area contributed by atoms with Crippen molar-refractivity contribution in [3.63, 3.8) is 0 Å². The molecule has 0 unspecified atom stereocenters. The predicted molar refractivity (Wildman–Crippen MR) is 122 cm³/mol. The molecule has 0 bridgehead atoms. The van der Waals surface area contributed by atoms with Crippen molar-refractivity contribution in [1.82, 2.24) is 24.8 Å². The molecule has 3 aromatic heterocycles. The van der Waals surface area contributed by atoms with Crippen LogP contribution in [0.2, 0.25) is 0 Å². The lowest BCUT2D eigenvalue weighted by molar-refractivity contribution is -0.124. The normalized spacial score (nSPS) is 14.8. The molecule has 3 aromatic rings. The van der Waals surface area contributed by atoms with Gasteiger partial charge in [-0.1, -0.05) is 6.07 Å². The number of fused-ring (bicyclic) bond motifs is 1. The lowest BCUT2D eigenvalue weighted by Crippen LogP contribution is -2.36. The van der Waals surface area contributed by atoms with Gasteiger partial charge in [0.05, 0.1) is 0 Å². The molecule has 0 saturated carbocycles. The SMILES string of the molecule is Cc1cc(CNC(=O)[C@@H]2CCc3cnc(NCCc4ccccn4)c(=O)n32)c(C)nc1N. The molecule has 0 fully saturated rings. The number of nitrogens with zero attached hydrogens (tertiary/aromatic N) is 4. The molecule has 1 atom stereocenters. The highest BCUT2D eigenvalue weighted by atomic mass is 16.2. The number of nitrogens with two attached hydrogens (primary N) is 1. The minimum absolute atomic E-state index is 0.189. The third kappa shape index (κ3) is 4.46. The van der Waals surface area contributed by atoms with E-state index in [1.54, 1.807) is 17.0 Å². The minimum atomic E-state index is -0.556. The van der Waals surface area contributed by atoms with Crippen LogP contribution in [0.25, 0.3) is 0 Å². The summed E-state index contributed by atoms with van der Waals surface area (Å²) in [4.78, 5) is 38.9. The highest BCUT2D eigenvalue weighted by Gasteiger charge is 2.30. The van der Waals surface area contributed by atoms with Gasteiger partial charge in [0.2, 0.25) is 5.91 Å². The van der Waals surface area contributed by atoms with Crippen molar-refractivity contribution in [3.8, 4) is 0 Å². The molecule has 1 amide bonds. The number of nitrogens with one attached hydrogen (secondary N) is 2. The van der Waals surface area contributed by atoms with Crippen LogP contribution >= 0.6 is 0 Å². The van der Waals surface area contributed by atoms with Crippen molar-refractivity contribution in [2.24, 2.45) is 0 Å². The van der Waals surface area contributed by atoms with Crippen molar-refractivity contribution in [2.45, 2.75) is 45.7 Å². The molecule has 32 heavy (non-hydrogen) atoms. The standard InChI is InChI=1S/C23H27N7O2/c1-14-11-16(15(2)29-20(14)24)12-28-22(31)19-7-6-18-13-27-21(23(32)30(18)19)26-10-8-17-5-3-4-9-25-17/h3-5,9,11,13,19H,6-8,10,12H2,1-2H3,(H2,24,29)(H,26,27)(H,28,31)/t19-/m0/s1. The summed E-state index contributed by atoms with van der Waals surface area (Å²) in [6, 6.07) is 7.10. The molecule has 4 heterocycles. The van der Waals surface area contributed by atoms with Gasteiger partial charge in [0, 0.05) is 49.0 Å². The molecule has 1 aliphatic heterocycles. The lowest BCUT2D eigenvalue weighted by Gasteiger charge is -2.16. The van der Waals surface area contributed by atoms with E-state index in [0.717, 1.165) is 28.2 Å². The summed E-state index contributed by atoms with van der Waals surface area (Å²) in [5.41, 5.74) is 9.82. The van der Waals surface area contributed by atoms with Gasteiger partial charge in [-0.2, -0.15) is 0 Å². The highest BCUT2D eigenvalue weighted by molar-refractivity contribution is 5.81. The molecule has 0 saturated heterocycles. The summed E-state index contributed by atoms with van der Waals surface area (Å²) in [7, 11) is 0. The number of hydrogen-bond acceptors (Lipinski definition) is 7. The minimum Gasteiger partial charge on any atom is -0.383 e. The van der Waals surface area contributed by atoms with Crippen LogP contribution in [0.5, 0.6) is 0 Å². The lowest BCUT2D eigenvalue weighted by atomic mass is 10.1. The molecule has 166 valence electrons. The fraction of sp³-hybridized carbons (Fsp3) is 0.348. The number of hydrogen-bond donors (Lipinski definition) is 3. The maximum absolute atomic E-state index is 13.0. The van der Waals surface area contributed by atoms with Crippen LogP contribution < -0.4 is 21.9 Å². The third-order valence-electron chi connectivity index (χ3n) is 5.76. The number of carbonyl (C=O) groups is 1. The number of rotatable bonds is 7. The Bertz CT molecular complexity index is 1190. The van der Waals surface area contributed by atoms with Crippen molar-refractivity contribution < 1.29 is 4.79 Å². The average molecular weight is 434 g/mol. The molecule has 0 radical (unpaired) electrons. The summed E-state index contributed by atoms with van der Waals surface area (Å²) in [5.74, 6) is 0.549. The molecule has 9 heteroatoms. The topological polar surface area (TPSA) is 128 Å². The van der Waals surface area contributed by atoms with Crippen molar-refractivity contribution >= 4 is 17.5 Å². The van der Waals surface area contributed by atoms with E-state index in [1.165, 1.54) is 0 Å². The first-order valence-corrected chi connectivity index (χ1v) is 10.7. The fourth-order valence-corrected chi connectivity index (χ4v) is 3.93. The number of aryl methyl sites for hydroxylation is 3. The van der Waals surface area contributed by atoms with Crippen LogP contribution in [-0.2, 0) is 24.2 Å². The molecule has 0 spiro atoms. The van der Waals surface area contributed by atoms with Gasteiger partial charge in [-0.25, -0.2) is 9.97 Å². The number of aromatic nitrogens is 4. The van der Waals surface area contributed by atoms with Crippen molar-refractivity contribution in [3.05, 3.63) is 75.2 Å². The zero-order valence-corrected chi connectivity index (χ0v) is 18.3. The van der Waals surface area contributed by atoms with E-state index in [4.69, 9.17) is 5.73 Å². The zero-order chi connectivity index (χ0) is 22.7. The first-order valence-electron chi connectivity index (χ1n) is 10.7. The largest absolute Gasteiger partial charge is 0.383 e. The number of anilines is 2. The smallest absolute Gasteiger partial charge is 0.294 e. The van der Waals surface area contributed by atoms with E-state index in [-0.39, 0.29) is 17.3 Å². The summed E-state index contributed by atoms with van der Waals surface area (Å²) in [6.07, 6.45) is 5.29. The molecular weight excluding hydrogens is 406 g/mol. The van der Waals surface area contributed by atoms with Crippen LogP contribution in [0.15, 0.2) is 41.5 Å². The van der Waals surface area contributed by atoms with E-state index in [0.29, 0.717) is 38.2 Å². The molecule has 4 rings (SSSR count). The summed E-state index contributed by atoms with van der Waals surface area (Å²) >= 11 is 0. The van der Waals surface area contributed by atoms with Crippen LogP contribution in [0.4, 0.5) is 11.6 Å². The second kappa shape index (κ2) is 9.17. The summed E-state index contributed by atoms with van der Waals surface area (Å²) in [5, 5.41) is 6.04. The maximum atomic E-state index is 13.0. The fourth-order valence-electron chi connectivity index (χ4n) is 3.93. The van der Waals surface area contributed by atoms with E-state index in [9.17, 15) is 9.59 Å². The average Bonchev–Trinajstić information content (AvgIpc) is 3.22. The van der Waals surface area contributed by atoms with Gasteiger partial charge in [-0.3, -0.25) is 19.1 Å². The zero-order valence-electron chi connectivity index (χ0n) is 18.3. The number of nitrogen functional groups attached to an aromatic ring is 1. The van der Waals surface area contributed by atoms with Crippen molar-refractivity contribution in [2.75, 3.05) is 17.6 Å². The Morgan fingerprint density at radius 1 is 1.28 bits per heavy atom. The maximum Gasteiger partial charge on any atom is 0.294 e. The Morgan fingerprint density at radius 3 is 2.91 bits per heavy atom. The molecular formula is C23H27N7O2. The Labute approximate surface area is 186 Å². The van der Waals surface area contributed by atoms with E-state index < -0.39 is 6.04 Å². The van der Waals surface area contributed by atoms with Gasteiger partial charge in [-0.05, 0) is 56.0 Å². The monoisotopic (exact) mass is 433 g/mol. The van der Waals surface area contributed by atoms with Crippen LogP contribution in [0.1, 0.15) is 40.7 Å². The Morgan fingerprint density at radius 2 is 2.12 bits per heavy atom. The van der Waals surface area contributed by atoms with Gasteiger partial charge >= 0.3 is 0 Å². The number of carbonyl (C=O) groups excluding carboxylic acids is 1. The van der Waals surface area contributed by atoms with E-state index >= 15 is 0 Å². The van der Waals surface area contributed by atoms with Crippen LogP contribution in [0, 0.1) is 13.8 Å². The summed E-state index contributed by atoms with van der Waals surface area (Å²) in [6.45, 7) is 4.61. The molecule has 0 aromatic carbocycles. The highest BCUT2D eigenvalue weighted by Crippen LogP contribution is 2.24. The van der Waals surface area contributed by atoms with Crippen LogP contribution in [-0.4, -0.2) is 32.0 Å². The Hall–Kier alpha value is -3.75. The Balaban J connectivity index is 1.44. The third-order valence-corrected chi connectivity index (χ3v) is 5.76.